The Hall–Kier alpha value is -2.15. The van der Waals surface area contributed by atoms with Crippen LogP contribution in [0.4, 0.5) is 0 Å². The topological polar surface area (TPSA) is 79.0 Å². The molecular formula is C15H16N4O2S. The predicted octanol–water partition coefficient (Wildman–Crippen LogP) is 2.45. The van der Waals surface area contributed by atoms with E-state index in [0.717, 1.165) is 0 Å². The number of rotatable bonds is 3. The van der Waals surface area contributed by atoms with Crippen LogP contribution in [0.1, 0.15) is 47.3 Å². The summed E-state index contributed by atoms with van der Waals surface area (Å²) in [4.78, 5) is 30.1. The van der Waals surface area contributed by atoms with Gasteiger partial charge in [-0.2, -0.15) is 5.10 Å². The fourth-order valence-electron chi connectivity index (χ4n) is 2.13. The quantitative estimate of drug-likeness (QED) is 0.695. The fourth-order valence-corrected chi connectivity index (χ4v) is 2.88. The molecule has 0 spiro atoms. The minimum atomic E-state index is -0.260. The van der Waals surface area contributed by atoms with Gasteiger partial charge in [0.15, 0.2) is 11.0 Å². The van der Waals surface area contributed by atoms with Crippen LogP contribution in [0.2, 0.25) is 0 Å². The first-order valence-corrected chi connectivity index (χ1v) is 7.87. The number of aromatic nitrogens is 3. The molecule has 22 heavy (non-hydrogen) atoms. The van der Waals surface area contributed by atoms with E-state index in [-0.39, 0.29) is 23.1 Å². The average Bonchev–Trinajstić information content (AvgIpc) is 3.03. The van der Waals surface area contributed by atoms with Crippen LogP contribution in [0.5, 0.6) is 0 Å². The van der Waals surface area contributed by atoms with Crippen molar-refractivity contribution in [3.05, 3.63) is 41.2 Å². The van der Waals surface area contributed by atoms with E-state index in [1.807, 2.05) is 20.8 Å². The number of benzene rings is 1. The Labute approximate surface area is 132 Å². The summed E-state index contributed by atoms with van der Waals surface area (Å²) in [6.07, 6.45) is 0. The van der Waals surface area contributed by atoms with Gasteiger partial charge in [-0.15, -0.1) is 0 Å². The van der Waals surface area contributed by atoms with Crippen molar-refractivity contribution in [3.63, 3.8) is 0 Å². The van der Waals surface area contributed by atoms with Crippen molar-refractivity contribution in [2.24, 2.45) is 0 Å². The molecule has 1 aromatic carbocycles. The molecule has 0 saturated carbocycles. The molecule has 1 aliphatic heterocycles. The van der Waals surface area contributed by atoms with Gasteiger partial charge in [-0.05, 0) is 12.1 Å². The Morgan fingerprint density at radius 1 is 1.14 bits per heavy atom. The number of H-pyrrole nitrogens is 1. The van der Waals surface area contributed by atoms with Crippen LogP contribution in [0, 0.1) is 0 Å². The SMILES string of the molecule is CC(C)(C)c1n[nH]c(SCN2C(=O)c3ccccc3C2=O)n1. The van der Waals surface area contributed by atoms with Gasteiger partial charge >= 0.3 is 0 Å². The van der Waals surface area contributed by atoms with Crippen molar-refractivity contribution >= 4 is 23.6 Å². The number of fused-ring (bicyclic) bond motifs is 1. The van der Waals surface area contributed by atoms with E-state index >= 15 is 0 Å². The number of nitrogens with one attached hydrogen (secondary N) is 1. The second-order valence-corrected chi connectivity index (χ2v) is 7.01. The summed E-state index contributed by atoms with van der Waals surface area (Å²) >= 11 is 1.29. The maximum atomic E-state index is 12.2. The standard InChI is InChI=1S/C15H16N4O2S/c1-15(2,3)13-16-14(18-17-13)22-8-19-11(20)9-6-4-5-7-10(9)12(19)21/h4-7H,8H2,1-3H3,(H,16,17,18). The molecule has 1 aliphatic rings. The lowest BCUT2D eigenvalue weighted by Gasteiger charge is -2.12. The van der Waals surface area contributed by atoms with E-state index < -0.39 is 0 Å². The van der Waals surface area contributed by atoms with Gasteiger partial charge in [-0.25, -0.2) is 4.98 Å². The maximum absolute atomic E-state index is 12.2. The molecule has 3 rings (SSSR count). The van der Waals surface area contributed by atoms with Gasteiger partial charge in [0.25, 0.3) is 11.8 Å². The van der Waals surface area contributed by atoms with Crippen LogP contribution in [-0.4, -0.2) is 37.8 Å². The average molecular weight is 316 g/mol. The summed E-state index contributed by atoms with van der Waals surface area (Å²) in [6, 6.07) is 6.86. The number of aromatic amines is 1. The lowest BCUT2D eigenvalue weighted by atomic mass is 9.96. The summed E-state index contributed by atoms with van der Waals surface area (Å²) < 4.78 is 0. The zero-order valence-corrected chi connectivity index (χ0v) is 13.4. The highest BCUT2D eigenvalue weighted by molar-refractivity contribution is 7.99. The maximum Gasteiger partial charge on any atom is 0.262 e. The van der Waals surface area contributed by atoms with E-state index in [1.54, 1.807) is 24.3 Å². The number of hydrogen-bond acceptors (Lipinski definition) is 5. The second kappa shape index (κ2) is 5.24. The van der Waals surface area contributed by atoms with Crippen molar-refractivity contribution in [2.45, 2.75) is 31.3 Å². The molecule has 0 fully saturated rings. The lowest BCUT2D eigenvalue weighted by molar-refractivity contribution is 0.0684. The fraction of sp³-hybridized carbons (Fsp3) is 0.333. The van der Waals surface area contributed by atoms with Crippen molar-refractivity contribution in [2.75, 3.05) is 5.88 Å². The highest BCUT2D eigenvalue weighted by Gasteiger charge is 2.35. The van der Waals surface area contributed by atoms with Gasteiger partial charge in [-0.3, -0.25) is 19.6 Å². The molecule has 0 saturated heterocycles. The number of thioether (sulfide) groups is 1. The molecule has 114 valence electrons. The number of nitrogens with zero attached hydrogens (tertiary/aromatic N) is 3. The molecular weight excluding hydrogens is 300 g/mol. The smallest absolute Gasteiger partial charge is 0.262 e. The summed E-state index contributed by atoms with van der Waals surface area (Å²) in [6.45, 7) is 6.07. The molecule has 2 amide bonds. The summed E-state index contributed by atoms with van der Waals surface area (Å²) in [5.41, 5.74) is 0.771. The molecule has 0 unspecified atom stereocenters. The van der Waals surface area contributed by atoms with E-state index in [9.17, 15) is 9.59 Å². The van der Waals surface area contributed by atoms with Crippen molar-refractivity contribution in [1.29, 1.82) is 0 Å². The van der Waals surface area contributed by atoms with Crippen LogP contribution >= 0.6 is 11.8 Å². The normalized spacial score (nSPS) is 14.6. The zero-order chi connectivity index (χ0) is 15.9. The summed E-state index contributed by atoms with van der Waals surface area (Å²) in [5, 5.41) is 7.60. The lowest BCUT2D eigenvalue weighted by Crippen LogP contribution is -2.29. The highest BCUT2D eigenvalue weighted by atomic mass is 32.2. The number of hydrogen-bond donors (Lipinski definition) is 1. The molecule has 2 heterocycles. The first kappa shape index (κ1) is 14.8. The first-order chi connectivity index (χ1) is 10.4. The van der Waals surface area contributed by atoms with E-state index in [1.165, 1.54) is 16.7 Å². The number of imide groups is 1. The minimum Gasteiger partial charge on any atom is -0.269 e. The third-order valence-corrected chi connectivity index (χ3v) is 4.19. The van der Waals surface area contributed by atoms with Crippen molar-refractivity contribution < 1.29 is 9.59 Å². The minimum absolute atomic E-state index is 0.148. The number of carbonyl (C=O) groups is 2. The molecule has 7 heteroatoms. The van der Waals surface area contributed by atoms with Crippen LogP contribution < -0.4 is 0 Å². The van der Waals surface area contributed by atoms with Crippen LogP contribution in [0.3, 0.4) is 0 Å². The Morgan fingerprint density at radius 2 is 1.73 bits per heavy atom. The molecule has 0 aliphatic carbocycles. The zero-order valence-electron chi connectivity index (χ0n) is 12.6. The van der Waals surface area contributed by atoms with Gasteiger partial charge in [0.1, 0.15) is 0 Å². The van der Waals surface area contributed by atoms with E-state index in [4.69, 9.17) is 0 Å². The highest BCUT2D eigenvalue weighted by Crippen LogP contribution is 2.26. The van der Waals surface area contributed by atoms with Gasteiger partial charge in [0.05, 0.1) is 17.0 Å². The van der Waals surface area contributed by atoms with E-state index in [2.05, 4.69) is 15.2 Å². The van der Waals surface area contributed by atoms with Crippen molar-refractivity contribution in [1.82, 2.24) is 20.1 Å². The van der Waals surface area contributed by atoms with Gasteiger partial charge in [-0.1, -0.05) is 44.7 Å². The van der Waals surface area contributed by atoms with Gasteiger partial charge in [0, 0.05) is 5.41 Å². The molecule has 6 nitrogen and oxygen atoms in total. The Morgan fingerprint density at radius 3 is 2.23 bits per heavy atom. The van der Waals surface area contributed by atoms with Gasteiger partial charge in [0.2, 0.25) is 0 Å². The second-order valence-electron chi connectivity index (χ2n) is 6.07. The first-order valence-electron chi connectivity index (χ1n) is 6.89. The van der Waals surface area contributed by atoms with Crippen molar-refractivity contribution in [3.8, 4) is 0 Å². The molecule has 0 atom stereocenters. The third kappa shape index (κ3) is 2.52. The molecule has 0 bridgehead atoms. The Bertz CT molecular complexity index is 713. The summed E-state index contributed by atoms with van der Waals surface area (Å²) in [7, 11) is 0. The summed E-state index contributed by atoms with van der Waals surface area (Å²) in [5.74, 6) is 0.398. The largest absolute Gasteiger partial charge is 0.269 e. The molecule has 1 aromatic heterocycles. The molecule has 2 aromatic rings. The number of amides is 2. The predicted molar refractivity (Wildman–Crippen MR) is 82.7 cm³/mol. The third-order valence-electron chi connectivity index (χ3n) is 3.34. The van der Waals surface area contributed by atoms with Crippen LogP contribution in [0.25, 0.3) is 0 Å². The molecule has 0 radical (unpaired) electrons. The number of carbonyl (C=O) groups excluding carboxylic acids is 2. The molecule has 1 N–H and O–H groups in total. The van der Waals surface area contributed by atoms with E-state index in [0.29, 0.717) is 22.1 Å². The van der Waals surface area contributed by atoms with Crippen LogP contribution in [-0.2, 0) is 5.41 Å². The monoisotopic (exact) mass is 316 g/mol. The van der Waals surface area contributed by atoms with Crippen LogP contribution in [0.15, 0.2) is 29.4 Å². The Kier molecular flexibility index (Phi) is 3.52. The Balaban J connectivity index is 1.72. The van der Waals surface area contributed by atoms with Gasteiger partial charge < -0.3 is 0 Å².